The largest absolute Gasteiger partial charge is 0.387 e. The van der Waals surface area contributed by atoms with E-state index >= 15 is 0 Å². The van der Waals surface area contributed by atoms with E-state index in [1.54, 1.807) is 24.5 Å². The molecule has 34 heavy (non-hydrogen) atoms. The predicted molar refractivity (Wildman–Crippen MR) is 119 cm³/mol. The van der Waals surface area contributed by atoms with Crippen LogP contribution < -0.4 is 15.6 Å². The van der Waals surface area contributed by atoms with E-state index in [2.05, 4.69) is 41.7 Å². The van der Waals surface area contributed by atoms with Crippen LogP contribution in [0.15, 0.2) is 30.9 Å². The standard InChI is InChI=1S/C19H19N9O5S/c20-17-14-9(1-2-10-3-4-11-12(26-10)5-24-27-11)7-28(18(14)23-8-22-17)19-16(30)15(29)13(33-19)6-25-34(21,31)32/h3-5,7-8,13,15-16,19,25,29-30H,6H2,(H,24,27)(H2,20,22,23)(H2,21,31,32)/t13-,15-,16-,19-/m1/s1. The van der Waals surface area contributed by atoms with Crippen molar-refractivity contribution in [3.8, 4) is 11.8 Å². The summed E-state index contributed by atoms with van der Waals surface area (Å²) in [6.45, 7) is -0.335. The second-order valence-electron chi connectivity index (χ2n) is 7.60. The molecule has 15 heteroatoms. The van der Waals surface area contributed by atoms with Crippen LogP contribution in [0, 0.1) is 11.8 Å². The number of pyridine rings is 1. The van der Waals surface area contributed by atoms with Crippen LogP contribution in [0.2, 0.25) is 0 Å². The summed E-state index contributed by atoms with van der Waals surface area (Å²) in [4.78, 5) is 12.7. The molecule has 0 spiro atoms. The molecule has 176 valence electrons. The van der Waals surface area contributed by atoms with E-state index in [0.717, 1.165) is 5.52 Å². The molecule has 0 saturated carbocycles. The van der Waals surface area contributed by atoms with Crippen LogP contribution in [-0.4, -0.2) is 73.2 Å². The number of nitrogen functional groups attached to an aromatic ring is 1. The van der Waals surface area contributed by atoms with Gasteiger partial charge in [-0.25, -0.2) is 20.1 Å². The van der Waals surface area contributed by atoms with E-state index in [9.17, 15) is 18.6 Å². The average Bonchev–Trinajstić information content (AvgIpc) is 3.48. The minimum Gasteiger partial charge on any atom is -0.387 e. The SMILES string of the molecule is Nc1ncnc2c1c(C#Cc1ccc3[nH]ncc3n1)cn2[C@@H]1O[C@H](CNS(N)(=O)=O)[C@@H](O)[C@H]1O. The highest BCUT2D eigenvalue weighted by Gasteiger charge is 2.44. The molecule has 4 aromatic rings. The van der Waals surface area contributed by atoms with Gasteiger partial charge in [-0.2, -0.15) is 18.2 Å². The Morgan fingerprint density at radius 2 is 2.06 bits per heavy atom. The first-order chi connectivity index (χ1) is 16.2. The monoisotopic (exact) mass is 485 g/mol. The lowest BCUT2D eigenvalue weighted by atomic mass is 10.1. The van der Waals surface area contributed by atoms with Gasteiger partial charge in [0.05, 0.1) is 22.7 Å². The molecule has 0 unspecified atom stereocenters. The maximum Gasteiger partial charge on any atom is 0.274 e. The number of nitrogens with one attached hydrogen (secondary N) is 2. The summed E-state index contributed by atoms with van der Waals surface area (Å²) in [7, 11) is -4.01. The summed E-state index contributed by atoms with van der Waals surface area (Å²) in [5, 5.41) is 33.1. The van der Waals surface area contributed by atoms with Gasteiger partial charge in [-0.05, 0) is 18.1 Å². The van der Waals surface area contributed by atoms with Crippen molar-refractivity contribution in [2.24, 2.45) is 5.14 Å². The highest BCUT2D eigenvalue weighted by molar-refractivity contribution is 7.87. The highest BCUT2D eigenvalue weighted by atomic mass is 32.2. The molecule has 0 aromatic carbocycles. The number of aliphatic hydroxyl groups is 2. The minimum atomic E-state index is -4.01. The summed E-state index contributed by atoms with van der Waals surface area (Å²) in [6, 6.07) is 3.54. The number of aliphatic hydroxyl groups excluding tert-OH is 2. The summed E-state index contributed by atoms with van der Waals surface area (Å²) < 4.78 is 31.6. The molecule has 5 rings (SSSR count). The second kappa shape index (κ2) is 8.29. The summed E-state index contributed by atoms with van der Waals surface area (Å²) in [6.07, 6.45) is -0.553. The van der Waals surface area contributed by atoms with E-state index in [-0.39, 0.29) is 12.4 Å². The van der Waals surface area contributed by atoms with E-state index in [1.807, 2.05) is 0 Å². The van der Waals surface area contributed by atoms with Crippen molar-refractivity contribution in [3.05, 3.63) is 42.1 Å². The topological polar surface area (TPSA) is 220 Å². The van der Waals surface area contributed by atoms with Gasteiger partial charge < -0.3 is 25.3 Å². The number of fused-ring (bicyclic) bond motifs is 2. The molecule has 1 saturated heterocycles. The molecule has 5 heterocycles. The number of nitrogens with zero attached hydrogens (tertiary/aromatic N) is 5. The zero-order valence-electron chi connectivity index (χ0n) is 17.3. The number of rotatable bonds is 4. The normalized spacial score (nSPS) is 22.8. The van der Waals surface area contributed by atoms with Gasteiger partial charge in [0.15, 0.2) is 6.23 Å². The Bertz CT molecular complexity index is 1550. The third-order valence-corrected chi connectivity index (χ3v) is 5.93. The van der Waals surface area contributed by atoms with Crippen LogP contribution in [0.4, 0.5) is 5.82 Å². The third-order valence-electron chi connectivity index (χ3n) is 5.36. The summed E-state index contributed by atoms with van der Waals surface area (Å²) in [5.74, 6) is 6.12. The summed E-state index contributed by atoms with van der Waals surface area (Å²) in [5.41, 5.74) is 8.76. The third kappa shape index (κ3) is 4.05. The minimum absolute atomic E-state index is 0.159. The van der Waals surface area contributed by atoms with Gasteiger partial charge in [-0.3, -0.25) is 5.10 Å². The van der Waals surface area contributed by atoms with Crippen molar-refractivity contribution in [2.45, 2.75) is 24.5 Å². The van der Waals surface area contributed by atoms with Crippen molar-refractivity contribution in [1.29, 1.82) is 0 Å². The van der Waals surface area contributed by atoms with Gasteiger partial charge in [-0.15, -0.1) is 0 Å². The number of H-pyrrole nitrogens is 1. The lowest BCUT2D eigenvalue weighted by molar-refractivity contribution is -0.0327. The van der Waals surface area contributed by atoms with E-state index in [1.165, 1.54) is 10.9 Å². The zero-order chi connectivity index (χ0) is 24.0. The van der Waals surface area contributed by atoms with Crippen LogP contribution in [-0.2, 0) is 14.9 Å². The molecule has 4 atom stereocenters. The van der Waals surface area contributed by atoms with Crippen molar-refractivity contribution < 1.29 is 23.4 Å². The van der Waals surface area contributed by atoms with E-state index in [4.69, 9.17) is 15.6 Å². The van der Waals surface area contributed by atoms with Gasteiger partial charge in [0.1, 0.15) is 47.3 Å². The molecule has 1 fully saturated rings. The van der Waals surface area contributed by atoms with Gasteiger partial charge in [0.25, 0.3) is 10.2 Å². The fourth-order valence-electron chi connectivity index (χ4n) is 3.75. The van der Waals surface area contributed by atoms with Gasteiger partial charge in [0.2, 0.25) is 0 Å². The number of nitrogens with two attached hydrogens (primary N) is 2. The van der Waals surface area contributed by atoms with Gasteiger partial charge in [-0.1, -0.05) is 5.92 Å². The molecular weight excluding hydrogens is 466 g/mol. The highest BCUT2D eigenvalue weighted by Crippen LogP contribution is 2.34. The van der Waals surface area contributed by atoms with Crippen LogP contribution in [0.5, 0.6) is 0 Å². The van der Waals surface area contributed by atoms with E-state index in [0.29, 0.717) is 27.8 Å². The molecule has 1 aliphatic rings. The Hall–Kier alpha value is -3.65. The van der Waals surface area contributed by atoms with Crippen molar-refractivity contribution in [1.82, 2.24) is 34.4 Å². The van der Waals surface area contributed by atoms with Gasteiger partial charge in [0, 0.05) is 12.7 Å². The Labute approximate surface area is 192 Å². The fourth-order valence-corrected chi connectivity index (χ4v) is 4.15. The predicted octanol–water partition coefficient (Wildman–Crippen LogP) is -1.90. The van der Waals surface area contributed by atoms with E-state index < -0.39 is 34.7 Å². The second-order valence-corrected chi connectivity index (χ2v) is 8.98. The van der Waals surface area contributed by atoms with Crippen molar-refractivity contribution >= 4 is 38.1 Å². The lowest BCUT2D eigenvalue weighted by Gasteiger charge is -2.17. The molecular formula is C19H19N9O5S. The summed E-state index contributed by atoms with van der Waals surface area (Å²) >= 11 is 0. The molecule has 0 aliphatic carbocycles. The molecule has 14 nitrogen and oxygen atoms in total. The first kappa shape index (κ1) is 22.2. The molecule has 0 bridgehead atoms. The van der Waals surface area contributed by atoms with Crippen molar-refractivity contribution in [2.75, 3.05) is 12.3 Å². The number of anilines is 1. The quantitative estimate of drug-likeness (QED) is 0.176. The van der Waals surface area contributed by atoms with Crippen molar-refractivity contribution in [3.63, 3.8) is 0 Å². The Morgan fingerprint density at radius 3 is 2.85 bits per heavy atom. The maximum atomic E-state index is 11.2. The number of hydrogen-bond donors (Lipinski definition) is 6. The Kier molecular flexibility index (Phi) is 5.40. The average molecular weight is 485 g/mol. The number of ether oxygens (including phenoxy) is 1. The molecule has 4 aromatic heterocycles. The van der Waals surface area contributed by atoms with Gasteiger partial charge >= 0.3 is 0 Å². The molecule has 0 radical (unpaired) electrons. The van der Waals surface area contributed by atoms with Crippen LogP contribution in [0.3, 0.4) is 0 Å². The number of hydrogen-bond acceptors (Lipinski definition) is 10. The number of aromatic amines is 1. The fraction of sp³-hybridized carbons (Fsp3) is 0.263. The van der Waals surface area contributed by atoms with Crippen LogP contribution in [0.25, 0.3) is 22.1 Å². The maximum absolute atomic E-state index is 11.2. The first-order valence-electron chi connectivity index (χ1n) is 9.93. The molecule has 0 amide bonds. The lowest BCUT2D eigenvalue weighted by Crippen LogP contribution is -2.42. The Morgan fingerprint density at radius 1 is 1.24 bits per heavy atom. The number of aromatic nitrogens is 6. The molecule has 1 aliphatic heterocycles. The van der Waals surface area contributed by atoms with Crippen LogP contribution >= 0.6 is 0 Å². The first-order valence-corrected chi connectivity index (χ1v) is 11.5. The van der Waals surface area contributed by atoms with Crippen LogP contribution in [0.1, 0.15) is 17.5 Å². The Balaban J connectivity index is 1.52. The smallest absolute Gasteiger partial charge is 0.274 e. The zero-order valence-corrected chi connectivity index (χ0v) is 18.1. The molecule has 8 N–H and O–H groups in total.